The molecule has 0 N–H and O–H groups in total. The lowest BCUT2D eigenvalue weighted by Crippen LogP contribution is -1.97. The van der Waals surface area contributed by atoms with Crippen LogP contribution in [0.3, 0.4) is 0 Å². The molecule has 16 heavy (non-hydrogen) atoms. The van der Waals surface area contributed by atoms with Crippen LogP contribution in [0.25, 0.3) is 10.4 Å². The third kappa shape index (κ3) is 4.71. The average molecular weight is 219 g/mol. The van der Waals surface area contributed by atoms with Gasteiger partial charge in [0, 0.05) is 4.91 Å². The number of unbranched alkanes of at least 4 members (excludes halogenated alkanes) is 2. The third-order valence-corrected chi connectivity index (χ3v) is 2.23. The zero-order valence-electron chi connectivity index (χ0n) is 9.59. The molecule has 0 amide bonds. The lowest BCUT2D eigenvalue weighted by Gasteiger charge is -2.06. The van der Waals surface area contributed by atoms with E-state index in [2.05, 4.69) is 16.9 Å². The SMILES string of the molecule is CCCCCOc1cccc(CN=[N+]=[N-])c1. The second-order valence-corrected chi connectivity index (χ2v) is 3.59. The Bertz CT molecular complexity index is 359. The fourth-order valence-electron chi connectivity index (χ4n) is 1.39. The Balaban J connectivity index is 2.43. The van der Waals surface area contributed by atoms with E-state index in [0.29, 0.717) is 6.54 Å². The topological polar surface area (TPSA) is 58.0 Å². The second-order valence-electron chi connectivity index (χ2n) is 3.59. The minimum atomic E-state index is 0.378. The maximum absolute atomic E-state index is 8.22. The molecular formula is C12H17N3O. The van der Waals surface area contributed by atoms with E-state index in [1.807, 2.05) is 24.3 Å². The highest BCUT2D eigenvalue weighted by atomic mass is 16.5. The predicted molar refractivity (Wildman–Crippen MR) is 64.3 cm³/mol. The molecule has 0 aliphatic rings. The molecule has 1 aromatic rings. The molecule has 0 bridgehead atoms. The molecule has 0 saturated carbocycles. The summed E-state index contributed by atoms with van der Waals surface area (Å²) in [5.41, 5.74) is 9.20. The molecule has 0 unspecified atom stereocenters. The fourth-order valence-corrected chi connectivity index (χ4v) is 1.39. The summed E-state index contributed by atoms with van der Waals surface area (Å²) in [6, 6.07) is 7.68. The van der Waals surface area contributed by atoms with Crippen molar-refractivity contribution in [2.24, 2.45) is 5.11 Å². The number of benzene rings is 1. The summed E-state index contributed by atoms with van der Waals surface area (Å²) in [7, 11) is 0. The molecule has 4 heteroatoms. The van der Waals surface area contributed by atoms with Crippen molar-refractivity contribution in [1.82, 2.24) is 0 Å². The van der Waals surface area contributed by atoms with Crippen molar-refractivity contribution < 1.29 is 4.74 Å². The maximum atomic E-state index is 8.22. The molecule has 4 nitrogen and oxygen atoms in total. The lowest BCUT2D eigenvalue weighted by atomic mass is 10.2. The van der Waals surface area contributed by atoms with Gasteiger partial charge in [0.2, 0.25) is 0 Å². The number of hydrogen-bond acceptors (Lipinski definition) is 2. The number of hydrogen-bond donors (Lipinski definition) is 0. The second kappa shape index (κ2) is 7.60. The summed E-state index contributed by atoms with van der Waals surface area (Å²) >= 11 is 0. The minimum Gasteiger partial charge on any atom is -0.494 e. The number of nitrogens with zero attached hydrogens (tertiary/aromatic N) is 3. The first-order valence-corrected chi connectivity index (χ1v) is 5.59. The van der Waals surface area contributed by atoms with E-state index in [1.54, 1.807) is 0 Å². The highest BCUT2D eigenvalue weighted by Crippen LogP contribution is 2.14. The van der Waals surface area contributed by atoms with Crippen molar-refractivity contribution in [3.63, 3.8) is 0 Å². The molecule has 0 aromatic heterocycles. The summed E-state index contributed by atoms with van der Waals surface area (Å²) in [4.78, 5) is 2.73. The van der Waals surface area contributed by atoms with Crippen molar-refractivity contribution in [3.8, 4) is 5.75 Å². The van der Waals surface area contributed by atoms with Gasteiger partial charge in [-0.2, -0.15) is 0 Å². The molecule has 86 valence electrons. The van der Waals surface area contributed by atoms with Gasteiger partial charge in [-0.25, -0.2) is 0 Å². The Morgan fingerprint density at radius 2 is 2.25 bits per heavy atom. The lowest BCUT2D eigenvalue weighted by molar-refractivity contribution is 0.306. The van der Waals surface area contributed by atoms with Crippen LogP contribution in [0.4, 0.5) is 0 Å². The van der Waals surface area contributed by atoms with Crippen molar-refractivity contribution >= 4 is 0 Å². The molecule has 0 heterocycles. The van der Waals surface area contributed by atoms with Crippen LogP contribution in [-0.2, 0) is 6.54 Å². The Labute approximate surface area is 95.9 Å². The molecule has 0 saturated heterocycles. The van der Waals surface area contributed by atoms with E-state index >= 15 is 0 Å². The highest BCUT2D eigenvalue weighted by Gasteiger charge is 1.96. The van der Waals surface area contributed by atoms with E-state index in [1.165, 1.54) is 12.8 Å². The summed E-state index contributed by atoms with van der Waals surface area (Å²) in [6.07, 6.45) is 3.47. The van der Waals surface area contributed by atoms with Crippen molar-refractivity contribution in [3.05, 3.63) is 40.3 Å². The molecule has 0 fully saturated rings. The van der Waals surface area contributed by atoms with Crippen LogP contribution >= 0.6 is 0 Å². The first kappa shape index (κ1) is 12.4. The molecular weight excluding hydrogens is 202 g/mol. The smallest absolute Gasteiger partial charge is 0.119 e. The predicted octanol–water partition coefficient (Wildman–Crippen LogP) is 4.07. The van der Waals surface area contributed by atoms with Crippen LogP contribution in [0.5, 0.6) is 5.75 Å². The molecule has 1 rings (SSSR count). The molecule has 1 aromatic carbocycles. The van der Waals surface area contributed by atoms with Crippen LogP contribution in [0.15, 0.2) is 29.4 Å². The third-order valence-electron chi connectivity index (χ3n) is 2.23. The van der Waals surface area contributed by atoms with Gasteiger partial charge in [-0.3, -0.25) is 0 Å². The van der Waals surface area contributed by atoms with Crippen molar-refractivity contribution in [1.29, 1.82) is 0 Å². The Hall–Kier alpha value is -1.67. The Morgan fingerprint density at radius 3 is 3.00 bits per heavy atom. The van der Waals surface area contributed by atoms with Gasteiger partial charge in [-0.05, 0) is 29.6 Å². The van der Waals surface area contributed by atoms with Gasteiger partial charge in [0.15, 0.2) is 0 Å². The maximum Gasteiger partial charge on any atom is 0.119 e. The molecule has 0 aliphatic heterocycles. The van der Waals surface area contributed by atoms with Gasteiger partial charge < -0.3 is 4.74 Å². The molecule has 0 atom stereocenters. The van der Waals surface area contributed by atoms with Gasteiger partial charge >= 0.3 is 0 Å². The van der Waals surface area contributed by atoms with E-state index in [4.69, 9.17) is 10.3 Å². The summed E-state index contributed by atoms with van der Waals surface area (Å²) < 4.78 is 5.59. The van der Waals surface area contributed by atoms with Crippen LogP contribution in [0, 0.1) is 0 Å². The first-order valence-electron chi connectivity index (χ1n) is 5.59. The van der Waals surface area contributed by atoms with Crippen LogP contribution in [0.1, 0.15) is 31.7 Å². The Morgan fingerprint density at radius 1 is 1.38 bits per heavy atom. The van der Waals surface area contributed by atoms with Gasteiger partial charge in [0.1, 0.15) is 5.75 Å². The van der Waals surface area contributed by atoms with Gasteiger partial charge in [-0.1, -0.05) is 37.0 Å². The van der Waals surface area contributed by atoms with Crippen LogP contribution < -0.4 is 4.74 Å². The first-order chi connectivity index (χ1) is 7.86. The largest absolute Gasteiger partial charge is 0.494 e. The quantitative estimate of drug-likeness (QED) is 0.295. The number of azide groups is 1. The zero-order chi connectivity index (χ0) is 11.6. The minimum absolute atomic E-state index is 0.378. The monoisotopic (exact) mass is 219 g/mol. The Kier molecular flexibility index (Phi) is 5.89. The van der Waals surface area contributed by atoms with Crippen LogP contribution in [0.2, 0.25) is 0 Å². The van der Waals surface area contributed by atoms with E-state index < -0.39 is 0 Å². The van der Waals surface area contributed by atoms with Gasteiger partial charge in [-0.15, -0.1) is 0 Å². The summed E-state index contributed by atoms with van der Waals surface area (Å²) in [6.45, 7) is 3.29. The summed E-state index contributed by atoms with van der Waals surface area (Å²) in [5.74, 6) is 0.849. The fraction of sp³-hybridized carbons (Fsp3) is 0.500. The molecule has 0 spiro atoms. The number of ether oxygens (including phenoxy) is 1. The zero-order valence-corrected chi connectivity index (χ0v) is 9.59. The van der Waals surface area contributed by atoms with Gasteiger partial charge in [0.25, 0.3) is 0 Å². The molecule has 0 radical (unpaired) electrons. The standard InChI is InChI=1S/C12H17N3O/c1-2-3-4-8-16-12-7-5-6-11(9-12)10-14-15-13/h5-7,9H,2-4,8,10H2,1H3. The van der Waals surface area contributed by atoms with Crippen molar-refractivity contribution in [2.45, 2.75) is 32.7 Å². The highest BCUT2D eigenvalue weighted by molar-refractivity contribution is 5.28. The average Bonchev–Trinajstić information content (AvgIpc) is 2.33. The summed E-state index contributed by atoms with van der Waals surface area (Å²) in [5, 5.41) is 3.52. The van der Waals surface area contributed by atoms with Gasteiger partial charge in [0.05, 0.1) is 13.2 Å². The normalized spacial score (nSPS) is 9.56. The molecule has 0 aliphatic carbocycles. The van der Waals surface area contributed by atoms with Crippen molar-refractivity contribution in [2.75, 3.05) is 6.61 Å². The van der Waals surface area contributed by atoms with E-state index in [9.17, 15) is 0 Å². The number of rotatable bonds is 7. The van der Waals surface area contributed by atoms with E-state index in [-0.39, 0.29) is 0 Å². The van der Waals surface area contributed by atoms with E-state index in [0.717, 1.165) is 24.3 Å². The van der Waals surface area contributed by atoms with Crippen LogP contribution in [-0.4, -0.2) is 6.61 Å².